The summed E-state index contributed by atoms with van der Waals surface area (Å²) in [5, 5.41) is 0. The third-order valence-electron chi connectivity index (χ3n) is 4.36. The summed E-state index contributed by atoms with van der Waals surface area (Å²) in [7, 11) is -4.42. The Morgan fingerprint density at radius 3 is 2.43 bits per heavy atom. The number of halogens is 4. The maximum Gasteiger partial charge on any atom is 0.419 e. The first-order valence-corrected chi connectivity index (χ1v) is 10.1. The fourth-order valence-electron chi connectivity index (χ4n) is 2.95. The predicted octanol–water partition coefficient (Wildman–Crippen LogP) is 4.96. The summed E-state index contributed by atoms with van der Waals surface area (Å²) in [5.41, 5.74) is 0.00818. The fourth-order valence-corrected chi connectivity index (χ4v) is 4.06. The Bertz CT molecular complexity index is 1310. The summed E-state index contributed by atoms with van der Waals surface area (Å²) in [6, 6.07) is 13.2. The number of anilines is 1. The van der Waals surface area contributed by atoms with Crippen LogP contribution in [-0.2, 0) is 16.2 Å². The Kier molecular flexibility index (Phi) is 4.73. The highest BCUT2D eigenvalue weighted by Gasteiger charge is 2.35. The third kappa shape index (κ3) is 3.73. The van der Waals surface area contributed by atoms with Gasteiger partial charge in [0.15, 0.2) is 0 Å². The molecule has 0 amide bonds. The second-order valence-electron chi connectivity index (χ2n) is 6.38. The van der Waals surface area contributed by atoms with E-state index in [0.29, 0.717) is 23.0 Å². The van der Waals surface area contributed by atoms with Gasteiger partial charge in [-0.25, -0.2) is 17.8 Å². The van der Waals surface area contributed by atoms with E-state index in [1.807, 2.05) is 0 Å². The predicted molar refractivity (Wildman–Crippen MR) is 103 cm³/mol. The lowest BCUT2D eigenvalue weighted by atomic mass is 10.1. The molecule has 0 aliphatic rings. The Morgan fingerprint density at radius 2 is 1.70 bits per heavy atom. The zero-order valence-corrected chi connectivity index (χ0v) is 15.9. The van der Waals surface area contributed by atoms with Gasteiger partial charge in [-0.3, -0.25) is 4.72 Å². The molecule has 0 saturated carbocycles. The smallest absolute Gasteiger partial charge is 0.306 e. The lowest BCUT2D eigenvalue weighted by Gasteiger charge is -2.13. The molecule has 2 aromatic carbocycles. The molecular formula is C20H13F4N3O2S. The molecule has 2 aromatic heterocycles. The van der Waals surface area contributed by atoms with E-state index in [9.17, 15) is 26.0 Å². The highest BCUT2D eigenvalue weighted by molar-refractivity contribution is 7.92. The molecule has 0 unspecified atom stereocenters. The molecule has 10 heteroatoms. The minimum Gasteiger partial charge on any atom is -0.306 e. The molecule has 0 aliphatic heterocycles. The first-order valence-electron chi connectivity index (χ1n) is 8.58. The number of aromatic nitrogens is 2. The van der Waals surface area contributed by atoms with Gasteiger partial charge in [0.1, 0.15) is 11.5 Å². The zero-order valence-electron chi connectivity index (χ0n) is 15.1. The third-order valence-corrected chi connectivity index (χ3v) is 5.73. The largest absolute Gasteiger partial charge is 0.419 e. The molecule has 1 N–H and O–H groups in total. The van der Waals surface area contributed by atoms with Crippen LogP contribution in [0.5, 0.6) is 0 Å². The maximum atomic E-state index is 13.5. The second-order valence-corrected chi connectivity index (χ2v) is 8.07. The maximum absolute atomic E-state index is 13.5. The number of nitrogens with zero attached hydrogens (tertiary/aromatic N) is 2. The van der Waals surface area contributed by atoms with E-state index in [4.69, 9.17) is 0 Å². The Morgan fingerprint density at radius 1 is 0.967 bits per heavy atom. The molecule has 0 aliphatic carbocycles. The molecule has 4 rings (SSSR count). The van der Waals surface area contributed by atoms with Crippen molar-refractivity contribution in [2.45, 2.75) is 11.1 Å². The molecule has 0 bridgehead atoms. The number of benzene rings is 2. The quantitative estimate of drug-likeness (QED) is 0.461. The van der Waals surface area contributed by atoms with Crippen LogP contribution < -0.4 is 4.72 Å². The van der Waals surface area contributed by atoms with Crippen molar-refractivity contribution in [3.63, 3.8) is 0 Å². The molecule has 0 fully saturated rings. The number of pyridine rings is 1. The van der Waals surface area contributed by atoms with Crippen LogP contribution in [0.2, 0.25) is 0 Å². The van der Waals surface area contributed by atoms with Crippen LogP contribution in [0.3, 0.4) is 0 Å². The summed E-state index contributed by atoms with van der Waals surface area (Å²) < 4.78 is 81.9. The van der Waals surface area contributed by atoms with Crippen LogP contribution in [0, 0.1) is 5.82 Å². The van der Waals surface area contributed by atoms with Crippen LogP contribution in [0.1, 0.15) is 5.56 Å². The molecule has 154 valence electrons. The SMILES string of the molecule is O=S(=O)(Nc1ccccc1-c1cn2ccccc2n1)c1ccc(F)c(C(F)(F)F)c1. The summed E-state index contributed by atoms with van der Waals surface area (Å²) in [5.74, 6) is -1.55. The van der Waals surface area contributed by atoms with Gasteiger partial charge >= 0.3 is 6.18 Å². The first kappa shape index (κ1) is 19.9. The highest BCUT2D eigenvalue weighted by Crippen LogP contribution is 2.34. The van der Waals surface area contributed by atoms with E-state index in [0.717, 1.165) is 6.07 Å². The van der Waals surface area contributed by atoms with Gasteiger partial charge in [0.25, 0.3) is 10.0 Å². The van der Waals surface area contributed by atoms with Crippen molar-refractivity contribution in [1.82, 2.24) is 9.38 Å². The van der Waals surface area contributed by atoms with E-state index in [1.54, 1.807) is 53.2 Å². The Balaban J connectivity index is 1.75. The number of hydrogen-bond donors (Lipinski definition) is 1. The van der Waals surface area contributed by atoms with Crippen LogP contribution in [0.25, 0.3) is 16.9 Å². The average molecular weight is 435 g/mol. The molecule has 5 nitrogen and oxygen atoms in total. The van der Waals surface area contributed by atoms with Gasteiger partial charge < -0.3 is 4.40 Å². The lowest BCUT2D eigenvalue weighted by Crippen LogP contribution is -2.16. The lowest BCUT2D eigenvalue weighted by molar-refractivity contribution is -0.140. The van der Waals surface area contributed by atoms with Crippen molar-refractivity contribution in [3.05, 3.63) is 84.4 Å². The number of rotatable bonds is 4. The van der Waals surface area contributed by atoms with Gasteiger partial charge in [0.2, 0.25) is 0 Å². The summed E-state index contributed by atoms with van der Waals surface area (Å²) in [6.07, 6.45) is -1.55. The molecule has 0 atom stereocenters. The van der Waals surface area contributed by atoms with Crippen LogP contribution >= 0.6 is 0 Å². The van der Waals surface area contributed by atoms with Crippen molar-refractivity contribution in [2.24, 2.45) is 0 Å². The summed E-state index contributed by atoms with van der Waals surface area (Å²) in [6.45, 7) is 0. The molecular weight excluding hydrogens is 422 g/mol. The molecule has 2 heterocycles. The van der Waals surface area contributed by atoms with Crippen LogP contribution in [0.4, 0.5) is 23.2 Å². The standard InChI is InChI=1S/C20H13F4N3O2S/c21-16-9-8-13(11-15(16)20(22,23)24)30(28,29)26-17-6-2-1-5-14(17)18-12-27-10-4-3-7-19(27)25-18/h1-12,26H. The van der Waals surface area contributed by atoms with E-state index < -0.39 is 32.5 Å². The van der Waals surface area contributed by atoms with E-state index in [-0.39, 0.29) is 11.8 Å². The number of nitrogens with one attached hydrogen (secondary N) is 1. The fraction of sp³-hybridized carbons (Fsp3) is 0.0500. The van der Waals surface area contributed by atoms with Crippen molar-refractivity contribution in [2.75, 3.05) is 4.72 Å². The average Bonchev–Trinajstić information content (AvgIpc) is 3.11. The monoisotopic (exact) mass is 435 g/mol. The van der Waals surface area contributed by atoms with E-state index >= 15 is 0 Å². The van der Waals surface area contributed by atoms with E-state index in [2.05, 4.69) is 9.71 Å². The van der Waals surface area contributed by atoms with Crippen molar-refractivity contribution < 1.29 is 26.0 Å². The zero-order chi connectivity index (χ0) is 21.5. The summed E-state index contributed by atoms with van der Waals surface area (Å²) >= 11 is 0. The van der Waals surface area contributed by atoms with Crippen molar-refractivity contribution in [3.8, 4) is 11.3 Å². The van der Waals surface area contributed by atoms with Gasteiger partial charge in [0.05, 0.1) is 21.8 Å². The number of imidazole rings is 1. The van der Waals surface area contributed by atoms with Gasteiger partial charge in [-0.2, -0.15) is 13.2 Å². The molecule has 30 heavy (non-hydrogen) atoms. The first-order chi connectivity index (χ1) is 14.1. The summed E-state index contributed by atoms with van der Waals surface area (Å²) in [4.78, 5) is 3.73. The number of fused-ring (bicyclic) bond motifs is 1. The van der Waals surface area contributed by atoms with Crippen molar-refractivity contribution >= 4 is 21.4 Å². The Labute approximate surface area is 168 Å². The minimum atomic E-state index is -5.02. The number of alkyl halides is 3. The van der Waals surface area contributed by atoms with Gasteiger partial charge in [-0.05, 0) is 36.4 Å². The number of hydrogen-bond acceptors (Lipinski definition) is 3. The van der Waals surface area contributed by atoms with E-state index in [1.165, 1.54) is 6.07 Å². The second kappa shape index (κ2) is 7.13. The number of sulfonamides is 1. The Hall–Kier alpha value is -3.40. The molecule has 4 aromatic rings. The molecule has 0 radical (unpaired) electrons. The van der Waals surface area contributed by atoms with Gasteiger partial charge in [-0.1, -0.05) is 24.3 Å². The van der Waals surface area contributed by atoms with Gasteiger partial charge in [0, 0.05) is 18.0 Å². The minimum absolute atomic E-state index is 0.124. The van der Waals surface area contributed by atoms with Crippen molar-refractivity contribution in [1.29, 1.82) is 0 Å². The van der Waals surface area contributed by atoms with Crippen LogP contribution in [0.15, 0.2) is 78.0 Å². The van der Waals surface area contributed by atoms with Gasteiger partial charge in [-0.15, -0.1) is 0 Å². The molecule has 0 saturated heterocycles. The topological polar surface area (TPSA) is 63.5 Å². The molecule has 0 spiro atoms. The highest BCUT2D eigenvalue weighted by atomic mass is 32.2. The normalized spacial score (nSPS) is 12.3. The number of para-hydroxylation sites is 1. The van der Waals surface area contributed by atoms with Crippen LogP contribution in [-0.4, -0.2) is 17.8 Å².